The van der Waals surface area contributed by atoms with Gasteiger partial charge in [-0.15, -0.1) is 0 Å². The van der Waals surface area contributed by atoms with Crippen LogP contribution >= 0.6 is 15.9 Å². The van der Waals surface area contributed by atoms with Crippen LogP contribution in [0.2, 0.25) is 0 Å². The largest absolute Gasteiger partial charge is 0.480 e. The second-order valence-corrected chi connectivity index (χ2v) is 5.27. The number of halogens is 2. The van der Waals surface area contributed by atoms with Crippen LogP contribution in [-0.4, -0.2) is 23.6 Å². The Balaban J connectivity index is 2.50. The maximum atomic E-state index is 13.8. The lowest BCUT2D eigenvalue weighted by Gasteiger charge is -2.21. The highest BCUT2D eigenvalue weighted by molar-refractivity contribution is 9.10. The third-order valence-electron chi connectivity index (χ3n) is 3.05. The minimum absolute atomic E-state index is 0.293. The van der Waals surface area contributed by atoms with Crippen molar-refractivity contribution in [3.05, 3.63) is 52.1 Å². The van der Waals surface area contributed by atoms with Crippen LogP contribution < -0.4 is 10.1 Å². The van der Waals surface area contributed by atoms with Crippen LogP contribution in [0.3, 0.4) is 0 Å². The predicted octanol–water partition coefficient (Wildman–Crippen LogP) is 3.48. The fourth-order valence-electron chi connectivity index (χ4n) is 2.08. The summed E-state index contributed by atoms with van der Waals surface area (Å²) in [5.74, 6) is 0.126. The van der Waals surface area contributed by atoms with Gasteiger partial charge in [-0.25, -0.2) is 9.37 Å². The summed E-state index contributed by atoms with van der Waals surface area (Å²) in [7, 11) is 1.55. The van der Waals surface area contributed by atoms with Crippen LogP contribution in [0.4, 0.5) is 4.39 Å². The van der Waals surface area contributed by atoms with Crippen molar-refractivity contribution in [2.45, 2.75) is 19.4 Å². The summed E-state index contributed by atoms with van der Waals surface area (Å²) >= 11 is 3.31. The van der Waals surface area contributed by atoms with E-state index >= 15 is 0 Å². The lowest BCUT2D eigenvalue weighted by Crippen LogP contribution is -2.25. The SMILES string of the molecule is CCCNC(c1cccc(F)c1Br)c1nccnc1OC. The van der Waals surface area contributed by atoms with E-state index in [-0.39, 0.29) is 11.9 Å². The lowest BCUT2D eigenvalue weighted by molar-refractivity contribution is 0.382. The zero-order chi connectivity index (χ0) is 15.2. The molecule has 1 aromatic carbocycles. The molecular weight excluding hydrogens is 337 g/mol. The molecule has 1 aromatic heterocycles. The van der Waals surface area contributed by atoms with E-state index in [1.807, 2.05) is 6.07 Å². The summed E-state index contributed by atoms with van der Waals surface area (Å²) in [5.41, 5.74) is 1.40. The third-order valence-corrected chi connectivity index (χ3v) is 3.89. The van der Waals surface area contributed by atoms with Crippen molar-refractivity contribution in [3.63, 3.8) is 0 Å². The zero-order valence-electron chi connectivity index (χ0n) is 11.9. The first-order valence-electron chi connectivity index (χ1n) is 6.71. The van der Waals surface area contributed by atoms with Gasteiger partial charge < -0.3 is 10.1 Å². The van der Waals surface area contributed by atoms with Crippen LogP contribution in [-0.2, 0) is 0 Å². The Morgan fingerprint density at radius 1 is 1.33 bits per heavy atom. The fraction of sp³-hybridized carbons (Fsp3) is 0.333. The average molecular weight is 354 g/mol. The van der Waals surface area contributed by atoms with Crippen LogP contribution in [0.15, 0.2) is 35.1 Å². The summed E-state index contributed by atoms with van der Waals surface area (Å²) in [4.78, 5) is 8.53. The van der Waals surface area contributed by atoms with Crippen molar-refractivity contribution in [1.82, 2.24) is 15.3 Å². The molecule has 0 bridgehead atoms. The number of benzene rings is 1. The number of ether oxygens (including phenoxy) is 1. The molecule has 0 fully saturated rings. The first-order valence-corrected chi connectivity index (χ1v) is 7.50. The molecule has 0 saturated carbocycles. The Morgan fingerprint density at radius 2 is 2.10 bits per heavy atom. The van der Waals surface area contributed by atoms with Crippen LogP contribution in [0, 0.1) is 5.82 Å². The molecule has 6 heteroatoms. The number of hydrogen-bond donors (Lipinski definition) is 1. The topological polar surface area (TPSA) is 47.0 Å². The fourth-order valence-corrected chi connectivity index (χ4v) is 2.57. The molecule has 1 N–H and O–H groups in total. The Morgan fingerprint density at radius 3 is 2.81 bits per heavy atom. The molecule has 1 unspecified atom stereocenters. The maximum absolute atomic E-state index is 13.8. The quantitative estimate of drug-likeness (QED) is 0.863. The molecular formula is C15H17BrFN3O. The van der Waals surface area contributed by atoms with Crippen molar-refractivity contribution in [2.24, 2.45) is 0 Å². The van der Waals surface area contributed by atoms with Gasteiger partial charge >= 0.3 is 0 Å². The molecule has 4 nitrogen and oxygen atoms in total. The molecule has 21 heavy (non-hydrogen) atoms. The van der Waals surface area contributed by atoms with Crippen molar-refractivity contribution in [2.75, 3.05) is 13.7 Å². The molecule has 0 aliphatic rings. The highest BCUT2D eigenvalue weighted by Gasteiger charge is 2.23. The first-order chi connectivity index (χ1) is 10.2. The van der Waals surface area contributed by atoms with E-state index in [0.717, 1.165) is 18.5 Å². The van der Waals surface area contributed by atoms with Gasteiger partial charge in [-0.2, -0.15) is 0 Å². The zero-order valence-corrected chi connectivity index (χ0v) is 13.5. The molecule has 1 atom stereocenters. The molecule has 112 valence electrons. The van der Waals surface area contributed by atoms with Crippen molar-refractivity contribution >= 4 is 15.9 Å². The van der Waals surface area contributed by atoms with E-state index in [2.05, 4.69) is 38.1 Å². The molecule has 0 amide bonds. The van der Waals surface area contributed by atoms with Gasteiger partial charge in [0.2, 0.25) is 5.88 Å². The summed E-state index contributed by atoms with van der Waals surface area (Å²) < 4.78 is 19.5. The second-order valence-electron chi connectivity index (χ2n) is 4.48. The minimum Gasteiger partial charge on any atom is -0.480 e. The molecule has 2 rings (SSSR count). The summed E-state index contributed by atoms with van der Waals surface area (Å²) in [6.07, 6.45) is 4.12. The van der Waals surface area contributed by atoms with Crippen molar-refractivity contribution in [3.8, 4) is 5.88 Å². The van der Waals surface area contributed by atoms with Crippen LogP contribution in [0.5, 0.6) is 5.88 Å². The van der Waals surface area contributed by atoms with Gasteiger partial charge in [-0.1, -0.05) is 19.1 Å². The molecule has 0 aliphatic carbocycles. The van der Waals surface area contributed by atoms with Crippen molar-refractivity contribution < 1.29 is 9.13 Å². The van der Waals surface area contributed by atoms with E-state index in [9.17, 15) is 4.39 Å². The van der Waals surface area contributed by atoms with E-state index in [4.69, 9.17) is 4.74 Å². The van der Waals surface area contributed by atoms with Gasteiger partial charge in [-0.3, -0.25) is 4.98 Å². The highest BCUT2D eigenvalue weighted by Crippen LogP contribution is 2.32. The van der Waals surface area contributed by atoms with E-state index < -0.39 is 0 Å². The third kappa shape index (κ3) is 3.57. The second kappa shape index (κ2) is 7.47. The number of nitrogens with zero attached hydrogens (tertiary/aromatic N) is 2. The molecule has 0 spiro atoms. The van der Waals surface area contributed by atoms with Gasteiger partial charge in [0.1, 0.15) is 11.5 Å². The Bertz CT molecular complexity index is 609. The normalized spacial score (nSPS) is 12.2. The number of hydrogen-bond acceptors (Lipinski definition) is 4. The Labute approximate surface area is 131 Å². The summed E-state index contributed by atoms with van der Waals surface area (Å²) in [6.45, 7) is 2.84. The van der Waals surface area contributed by atoms with Gasteiger partial charge in [0.25, 0.3) is 0 Å². The maximum Gasteiger partial charge on any atom is 0.237 e. The molecule has 0 aliphatic heterocycles. The summed E-state index contributed by atoms with van der Waals surface area (Å²) in [5, 5.41) is 3.37. The van der Waals surface area contributed by atoms with Gasteiger partial charge in [0, 0.05) is 12.4 Å². The molecule has 1 heterocycles. The van der Waals surface area contributed by atoms with Crippen LogP contribution in [0.1, 0.15) is 30.6 Å². The number of rotatable bonds is 6. The standard InChI is InChI=1S/C15H17BrFN3O/c1-3-7-18-13(10-5-4-6-11(17)12(10)16)14-15(21-2)20-9-8-19-14/h4-6,8-9,13,18H,3,7H2,1-2H3. The number of aromatic nitrogens is 2. The highest BCUT2D eigenvalue weighted by atomic mass is 79.9. The Hall–Kier alpha value is -1.53. The monoisotopic (exact) mass is 353 g/mol. The Kier molecular flexibility index (Phi) is 5.64. The van der Waals surface area contributed by atoms with Crippen LogP contribution in [0.25, 0.3) is 0 Å². The smallest absolute Gasteiger partial charge is 0.237 e. The van der Waals surface area contributed by atoms with Gasteiger partial charge in [0.05, 0.1) is 17.6 Å². The minimum atomic E-state index is -0.307. The number of methoxy groups -OCH3 is 1. The lowest BCUT2D eigenvalue weighted by atomic mass is 10.0. The van der Waals surface area contributed by atoms with E-state index in [1.165, 1.54) is 6.07 Å². The molecule has 0 radical (unpaired) electrons. The average Bonchev–Trinajstić information content (AvgIpc) is 2.52. The van der Waals surface area contributed by atoms with E-state index in [0.29, 0.717) is 16.0 Å². The molecule has 2 aromatic rings. The van der Waals surface area contributed by atoms with Crippen molar-refractivity contribution in [1.29, 1.82) is 0 Å². The summed E-state index contributed by atoms with van der Waals surface area (Å²) in [6, 6.07) is 4.66. The molecule has 0 saturated heterocycles. The predicted molar refractivity (Wildman–Crippen MR) is 82.8 cm³/mol. The van der Waals surface area contributed by atoms with E-state index in [1.54, 1.807) is 25.6 Å². The van der Waals surface area contributed by atoms with Gasteiger partial charge in [-0.05, 0) is 40.5 Å². The first kappa shape index (κ1) is 15.9. The van der Waals surface area contributed by atoms with Gasteiger partial charge in [0.15, 0.2) is 0 Å². The number of nitrogens with one attached hydrogen (secondary N) is 1.